The van der Waals surface area contributed by atoms with Gasteiger partial charge in [-0.1, -0.05) is 30.3 Å². The molecule has 1 heterocycles. The van der Waals surface area contributed by atoms with Gasteiger partial charge in [0.25, 0.3) is 5.56 Å². The number of aryl methyl sites for hydroxylation is 1. The van der Waals surface area contributed by atoms with E-state index in [1.165, 1.54) is 13.1 Å². The molecule has 30 heavy (non-hydrogen) atoms. The summed E-state index contributed by atoms with van der Waals surface area (Å²) < 4.78 is 45.2. The van der Waals surface area contributed by atoms with Crippen LogP contribution >= 0.6 is 0 Å². The minimum Gasteiger partial charge on any atom is -0.383 e. The molecule has 0 bridgehead atoms. The molecule has 3 aromatic rings. The number of fused-ring (bicyclic) bond motifs is 1. The van der Waals surface area contributed by atoms with Crippen LogP contribution in [-0.4, -0.2) is 43.0 Å². The van der Waals surface area contributed by atoms with Gasteiger partial charge in [-0.2, -0.15) is 13.2 Å². The molecule has 3 rings (SSSR count). The molecule has 2 aromatic carbocycles. The summed E-state index contributed by atoms with van der Waals surface area (Å²) in [7, 11) is 2.91. The third-order valence-electron chi connectivity index (χ3n) is 4.96. The quantitative estimate of drug-likeness (QED) is 0.578. The van der Waals surface area contributed by atoms with Crippen LogP contribution in [0.4, 0.5) is 18.9 Å². The fourth-order valence-electron chi connectivity index (χ4n) is 3.63. The first-order valence-electron chi connectivity index (χ1n) is 9.53. The van der Waals surface area contributed by atoms with Gasteiger partial charge in [0, 0.05) is 19.8 Å². The van der Waals surface area contributed by atoms with E-state index in [9.17, 15) is 18.0 Å². The summed E-state index contributed by atoms with van der Waals surface area (Å²) in [6.45, 7) is 0.945. The summed E-state index contributed by atoms with van der Waals surface area (Å²) in [5.74, 6) is 0.530. The number of aromatic nitrogens is 2. The van der Waals surface area contributed by atoms with Gasteiger partial charge >= 0.3 is 6.18 Å². The van der Waals surface area contributed by atoms with Crippen molar-refractivity contribution in [1.82, 2.24) is 9.55 Å². The maximum absolute atomic E-state index is 13.3. The van der Waals surface area contributed by atoms with Crippen molar-refractivity contribution in [1.29, 1.82) is 0 Å². The van der Waals surface area contributed by atoms with E-state index in [4.69, 9.17) is 4.74 Å². The second kappa shape index (κ2) is 8.87. The van der Waals surface area contributed by atoms with Gasteiger partial charge in [-0.25, -0.2) is 4.98 Å². The maximum atomic E-state index is 13.3. The van der Waals surface area contributed by atoms with Crippen LogP contribution < -0.4 is 10.5 Å². The SMILES string of the molecule is COCC(Cc1ccccc1)n1c(C)nc2ccc(N(C)CC(F)(F)F)cc2c1=O. The lowest BCUT2D eigenvalue weighted by atomic mass is 10.1. The zero-order valence-corrected chi connectivity index (χ0v) is 17.1. The number of halogens is 3. The number of alkyl halides is 3. The fraction of sp³-hybridized carbons (Fsp3) is 0.364. The molecule has 5 nitrogen and oxygen atoms in total. The lowest BCUT2D eigenvalue weighted by Crippen LogP contribution is -2.32. The number of methoxy groups -OCH3 is 1. The first-order valence-corrected chi connectivity index (χ1v) is 9.53. The van der Waals surface area contributed by atoms with E-state index in [2.05, 4.69) is 4.98 Å². The molecule has 1 atom stereocenters. The molecular formula is C22H24F3N3O2. The van der Waals surface area contributed by atoms with Crippen LogP contribution in [0.1, 0.15) is 17.4 Å². The molecule has 0 aliphatic heterocycles. The molecule has 0 N–H and O–H groups in total. The van der Waals surface area contributed by atoms with Gasteiger partial charge in [-0.3, -0.25) is 9.36 Å². The first-order chi connectivity index (χ1) is 14.2. The Morgan fingerprint density at radius 3 is 2.50 bits per heavy atom. The number of ether oxygens (including phenoxy) is 1. The lowest BCUT2D eigenvalue weighted by Gasteiger charge is -2.23. The zero-order valence-electron chi connectivity index (χ0n) is 17.1. The van der Waals surface area contributed by atoms with E-state index in [0.29, 0.717) is 30.1 Å². The molecule has 0 aliphatic carbocycles. The largest absolute Gasteiger partial charge is 0.405 e. The highest BCUT2D eigenvalue weighted by Crippen LogP contribution is 2.24. The Morgan fingerprint density at radius 1 is 1.17 bits per heavy atom. The Bertz CT molecular complexity index is 1060. The van der Waals surface area contributed by atoms with Crippen molar-refractivity contribution >= 4 is 16.6 Å². The van der Waals surface area contributed by atoms with Crippen molar-refractivity contribution in [2.24, 2.45) is 0 Å². The van der Waals surface area contributed by atoms with Crippen LogP contribution in [0.3, 0.4) is 0 Å². The van der Waals surface area contributed by atoms with Crippen molar-refractivity contribution in [3.05, 3.63) is 70.3 Å². The van der Waals surface area contributed by atoms with Gasteiger partial charge < -0.3 is 9.64 Å². The standard InChI is InChI=1S/C22H24F3N3O2/c1-15-26-20-10-9-17(27(2)14-22(23,24)25)12-19(20)21(29)28(15)18(13-30-3)11-16-7-5-4-6-8-16/h4-10,12,18H,11,13-14H2,1-3H3. The van der Waals surface area contributed by atoms with Crippen molar-refractivity contribution in [3.63, 3.8) is 0 Å². The normalized spacial score (nSPS) is 12.9. The van der Waals surface area contributed by atoms with Crippen LogP contribution in [0.2, 0.25) is 0 Å². The Morgan fingerprint density at radius 2 is 1.87 bits per heavy atom. The van der Waals surface area contributed by atoms with E-state index in [1.807, 2.05) is 30.3 Å². The monoisotopic (exact) mass is 419 g/mol. The average Bonchev–Trinajstić information content (AvgIpc) is 2.67. The number of hydrogen-bond donors (Lipinski definition) is 0. The molecule has 1 aromatic heterocycles. The molecule has 0 aliphatic rings. The Balaban J connectivity index is 2.06. The predicted molar refractivity (Wildman–Crippen MR) is 111 cm³/mol. The van der Waals surface area contributed by atoms with E-state index in [1.54, 1.807) is 30.7 Å². The van der Waals surface area contributed by atoms with Crippen LogP contribution in [0, 0.1) is 6.92 Å². The zero-order chi connectivity index (χ0) is 21.9. The molecule has 0 radical (unpaired) electrons. The molecule has 0 spiro atoms. The highest BCUT2D eigenvalue weighted by atomic mass is 19.4. The number of benzene rings is 2. The summed E-state index contributed by atoms with van der Waals surface area (Å²) in [4.78, 5) is 18.9. The summed E-state index contributed by atoms with van der Waals surface area (Å²) in [5, 5.41) is 0.279. The third-order valence-corrected chi connectivity index (χ3v) is 4.96. The molecule has 0 amide bonds. The number of hydrogen-bond acceptors (Lipinski definition) is 4. The van der Waals surface area contributed by atoms with Crippen molar-refractivity contribution in [3.8, 4) is 0 Å². The summed E-state index contributed by atoms with van der Waals surface area (Å²) in [6.07, 6.45) is -3.77. The van der Waals surface area contributed by atoms with Gasteiger partial charge in [-0.15, -0.1) is 0 Å². The molecule has 8 heteroatoms. The molecule has 0 saturated heterocycles. The topological polar surface area (TPSA) is 47.4 Å². The van der Waals surface area contributed by atoms with Crippen LogP contribution in [0.25, 0.3) is 10.9 Å². The fourth-order valence-corrected chi connectivity index (χ4v) is 3.63. The lowest BCUT2D eigenvalue weighted by molar-refractivity contribution is -0.119. The average molecular weight is 419 g/mol. The molecule has 0 saturated carbocycles. The molecular weight excluding hydrogens is 395 g/mol. The highest BCUT2D eigenvalue weighted by Gasteiger charge is 2.29. The molecule has 160 valence electrons. The van der Waals surface area contributed by atoms with Crippen LogP contribution in [0.15, 0.2) is 53.3 Å². The first kappa shape index (κ1) is 21.8. The minimum absolute atomic E-state index is 0.279. The predicted octanol–water partition coefficient (Wildman–Crippen LogP) is 4.13. The van der Waals surface area contributed by atoms with Gasteiger partial charge in [0.1, 0.15) is 12.4 Å². The van der Waals surface area contributed by atoms with E-state index in [-0.39, 0.29) is 17.0 Å². The summed E-state index contributed by atoms with van der Waals surface area (Å²) in [6, 6.07) is 14.0. The Labute approximate surface area is 172 Å². The minimum atomic E-state index is -4.34. The van der Waals surface area contributed by atoms with Gasteiger partial charge in [0.2, 0.25) is 0 Å². The summed E-state index contributed by atoms with van der Waals surface area (Å²) in [5.41, 5.74) is 1.51. The second-order valence-corrected chi connectivity index (χ2v) is 7.31. The molecule has 1 unspecified atom stereocenters. The van der Waals surface area contributed by atoms with E-state index >= 15 is 0 Å². The molecule has 0 fully saturated rings. The van der Waals surface area contributed by atoms with E-state index < -0.39 is 12.7 Å². The van der Waals surface area contributed by atoms with Crippen LogP contribution in [-0.2, 0) is 11.2 Å². The van der Waals surface area contributed by atoms with Gasteiger partial charge in [0.05, 0.1) is 23.6 Å². The van der Waals surface area contributed by atoms with Crippen LogP contribution in [0.5, 0.6) is 0 Å². The van der Waals surface area contributed by atoms with Crippen molar-refractivity contribution < 1.29 is 17.9 Å². The van der Waals surface area contributed by atoms with Crippen molar-refractivity contribution in [2.45, 2.75) is 25.6 Å². The van der Waals surface area contributed by atoms with Crippen molar-refractivity contribution in [2.75, 3.05) is 32.2 Å². The second-order valence-electron chi connectivity index (χ2n) is 7.31. The third kappa shape index (κ3) is 4.99. The van der Waals surface area contributed by atoms with E-state index in [0.717, 1.165) is 10.5 Å². The summed E-state index contributed by atoms with van der Waals surface area (Å²) >= 11 is 0. The highest BCUT2D eigenvalue weighted by molar-refractivity contribution is 5.81. The number of anilines is 1. The number of nitrogens with zero attached hydrogens (tertiary/aromatic N) is 3. The Hall–Kier alpha value is -2.87. The number of rotatable bonds is 7. The smallest absolute Gasteiger partial charge is 0.383 e. The van der Waals surface area contributed by atoms with Gasteiger partial charge in [0.15, 0.2) is 0 Å². The van der Waals surface area contributed by atoms with Gasteiger partial charge in [-0.05, 0) is 37.1 Å². The Kier molecular flexibility index (Phi) is 6.45. The maximum Gasteiger partial charge on any atom is 0.405 e.